The van der Waals surface area contributed by atoms with Gasteiger partial charge in [-0.15, -0.1) is 0 Å². The number of hydrogen-bond donors (Lipinski definition) is 1. The van der Waals surface area contributed by atoms with Crippen molar-refractivity contribution in [2.45, 2.75) is 39.0 Å². The van der Waals surface area contributed by atoms with Crippen LogP contribution in [-0.2, 0) is 11.2 Å². The Morgan fingerprint density at radius 3 is 3.00 bits per heavy atom. The average Bonchev–Trinajstić information content (AvgIpc) is 3.17. The second-order valence-electron chi connectivity index (χ2n) is 5.04. The van der Waals surface area contributed by atoms with E-state index in [0.717, 1.165) is 61.2 Å². The molecule has 1 heterocycles. The van der Waals surface area contributed by atoms with Gasteiger partial charge < -0.3 is 10.1 Å². The highest BCUT2D eigenvalue weighted by Crippen LogP contribution is 2.28. The summed E-state index contributed by atoms with van der Waals surface area (Å²) in [4.78, 5) is 8.83. The lowest BCUT2D eigenvalue weighted by Gasteiger charge is -2.08. The van der Waals surface area contributed by atoms with Crippen molar-refractivity contribution >= 4 is 21.7 Å². The Bertz CT molecular complexity index is 396. The van der Waals surface area contributed by atoms with E-state index >= 15 is 0 Å². The largest absolute Gasteiger partial charge is 0.381 e. The van der Waals surface area contributed by atoms with Crippen molar-refractivity contribution in [3.8, 4) is 0 Å². The maximum atomic E-state index is 5.60. The van der Waals surface area contributed by atoms with Gasteiger partial charge in [-0.2, -0.15) is 0 Å². The molecule has 2 rings (SSSR count). The summed E-state index contributed by atoms with van der Waals surface area (Å²) in [5, 5.41) is 3.33. The molecule has 0 aromatic carbocycles. The van der Waals surface area contributed by atoms with Gasteiger partial charge in [-0.3, -0.25) is 0 Å². The first-order valence-electron chi connectivity index (χ1n) is 7.13. The standard InChI is InChI=1S/C14H22BrN3O/c1-2-4-13-17-12(15)9-14(18-13)16-7-3-8-19-10-11-5-6-11/h9,11H,2-8,10H2,1H3,(H,16,17,18). The van der Waals surface area contributed by atoms with Crippen molar-refractivity contribution in [3.63, 3.8) is 0 Å². The molecule has 1 N–H and O–H groups in total. The van der Waals surface area contributed by atoms with Crippen molar-refractivity contribution in [3.05, 3.63) is 16.5 Å². The molecule has 0 aliphatic heterocycles. The summed E-state index contributed by atoms with van der Waals surface area (Å²) in [5.74, 6) is 2.64. The predicted molar refractivity (Wildman–Crippen MR) is 80.4 cm³/mol. The van der Waals surface area contributed by atoms with E-state index in [1.165, 1.54) is 12.8 Å². The fraction of sp³-hybridized carbons (Fsp3) is 0.714. The lowest BCUT2D eigenvalue weighted by Crippen LogP contribution is -2.09. The molecule has 4 nitrogen and oxygen atoms in total. The molecular formula is C14H22BrN3O. The summed E-state index contributed by atoms with van der Waals surface area (Å²) in [5.41, 5.74) is 0. The van der Waals surface area contributed by atoms with E-state index < -0.39 is 0 Å². The SMILES string of the molecule is CCCc1nc(Br)cc(NCCCOCC2CC2)n1. The maximum absolute atomic E-state index is 5.60. The van der Waals surface area contributed by atoms with Gasteiger partial charge in [-0.05, 0) is 47.5 Å². The van der Waals surface area contributed by atoms with Crippen LogP contribution in [0.2, 0.25) is 0 Å². The second kappa shape index (κ2) is 7.80. The van der Waals surface area contributed by atoms with E-state index in [1.54, 1.807) is 0 Å². The van der Waals surface area contributed by atoms with Crippen LogP contribution in [0.1, 0.15) is 38.4 Å². The van der Waals surface area contributed by atoms with Gasteiger partial charge in [-0.1, -0.05) is 6.92 Å². The topological polar surface area (TPSA) is 47.0 Å². The van der Waals surface area contributed by atoms with Crippen LogP contribution in [-0.4, -0.2) is 29.7 Å². The predicted octanol–water partition coefficient (Wildman–Crippen LogP) is 3.42. The summed E-state index contributed by atoms with van der Waals surface area (Å²) in [6, 6.07) is 1.92. The van der Waals surface area contributed by atoms with Gasteiger partial charge in [-0.25, -0.2) is 9.97 Å². The molecule has 0 saturated heterocycles. The summed E-state index contributed by atoms with van der Waals surface area (Å²) >= 11 is 3.42. The molecule has 1 aliphatic rings. The summed E-state index contributed by atoms with van der Waals surface area (Å²) in [6.45, 7) is 4.80. The minimum Gasteiger partial charge on any atom is -0.381 e. The Hall–Kier alpha value is -0.680. The van der Waals surface area contributed by atoms with E-state index in [4.69, 9.17) is 4.74 Å². The zero-order chi connectivity index (χ0) is 13.5. The first-order chi connectivity index (χ1) is 9.28. The van der Waals surface area contributed by atoms with Crippen molar-refractivity contribution in [1.82, 2.24) is 9.97 Å². The van der Waals surface area contributed by atoms with Crippen LogP contribution in [0.4, 0.5) is 5.82 Å². The van der Waals surface area contributed by atoms with Crippen molar-refractivity contribution < 1.29 is 4.74 Å². The molecule has 0 atom stereocenters. The molecule has 1 aromatic rings. The number of aryl methyl sites for hydroxylation is 1. The molecule has 1 fully saturated rings. The number of hydrogen-bond acceptors (Lipinski definition) is 4. The van der Waals surface area contributed by atoms with Crippen LogP contribution < -0.4 is 5.32 Å². The van der Waals surface area contributed by atoms with Crippen LogP contribution in [0.5, 0.6) is 0 Å². The minimum atomic E-state index is 0.831. The van der Waals surface area contributed by atoms with Crippen molar-refractivity contribution in [2.24, 2.45) is 5.92 Å². The first kappa shape index (κ1) is 14.7. The Kier molecular flexibility index (Phi) is 6.04. The summed E-state index contributed by atoms with van der Waals surface area (Å²) < 4.78 is 6.45. The lowest BCUT2D eigenvalue weighted by atomic mass is 10.3. The molecular weight excluding hydrogens is 306 g/mol. The molecule has 1 aromatic heterocycles. The zero-order valence-corrected chi connectivity index (χ0v) is 13.1. The zero-order valence-electron chi connectivity index (χ0n) is 11.5. The van der Waals surface area contributed by atoms with E-state index in [2.05, 4.69) is 38.1 Å². The summed E-state index contributed by atoms with van der Waals surface area (Å²) in [7, 11) is 0. The number of anilines is 1. The Balaban J connectivity index is 1.65. The number of aromatic nitrogens is 2. The van der Waals surface area contributed by atoms with Crippen LogP contribution in [0, 0.1) is 5.92 Å². The molecule has 106 valence electrons. The molecule has 0 radical (unpaired) electrons. The molecule has 5 heteroatoms. The normalized spacial score (nSPS) is 14.6. The van der Waals surface area contributed by atoms with Gasteiger partial charge in [0, 0.05) is 32.2 Å². The average molecular weight is 328 g/mol. The molecule has 0 unspecified atom stereocenters. The Morgan fingerprint density at radius 2 is 2.26 bits per heavy atom. The molecule has 0 bridgehead atoms. The van der Waals surface area contributed by atoms with E-state index in [-0.39, 0.29) is 0 Å². The third-order valence-electron chi connectivity index (χ3n) is 3.04. The van der Waals surface area contributed by atoms with E-state index in [9.17, 15) is 0 Å². The van der Waals surface area contributed by atoms with Gasteiger partial charge in [0.05, 0.1) is 0 Å². The smallest absolute Gasteiger partial charge is 0.132 e. The van der Waals surface area contributed by atoms with Gasteiger partial charge in [0.25, 0.3) is 0 Å². The molecule has 0 amide bonds. The van der Waals surface area contributed by atoms with Gasteiger partial charge >= 0.3 is 0 Å². The Morgan fingerprint density at radius 1 is 1.42 bits per heavy atom. The first-order valence-corrected chi connectivity index (χ1v) is 7.92. The molecule has 19 heavy (non-hydrogen) atoms. The highest BCUT2D eigenvalue weighted by atomic mass is 79.9. The van der Waals surface area contributed by atoms with Gasteiger partial charge in [0.15, 0.2) is 0 Å². The van der Waals surface area contributed by atoms with Crippen LogP contribution in [0.25, 0.3) is 0 Å². The van der Waals surface area contributed by atoms with Crippen molar-refractivity contribution in [1.29, 1.82) is 0 Å². The molecule has 1 saturated carbocycles. The van der Waals surface area contributed by atoms with E-state index in [0.29, 0.717) is 0 Å². The monoisotopic (exact) mass is 327 g/mol. The number of ether oxygens (including phenoxy) is 1. The minimum absolute atomic E-state index is 0.831. The quantitative estimate of drug-likeness (QED) is 0.557. The van der Waals surface area contributed by atoms with E-state index in [1.807, 2.05) is 6.07 Å². The summed E-state index contributed by atoms with van der Waals surface area (Å²) in [6.07, 6.45) is 5.70. The second-order valence-corrected chi connectivity index (χ2v) is 5.85. The van der Waals surface area contributed by atoms with Crippen LogP contribution in [0.3, 0.4) is 0 Å². The Labute approximate surface area is 123 Å². The fourth-order valence-electron chi connectivity index (χ4n) is 1.82. The molecule has 1 aliphatic carbocycles. The fourth-order valence-corrected chi connectivity index (χ4v) is 2.24. The van der Waals surface area contributed by atoms with Crippen LogP contribution >= 0.6 is 15.9 Å². The van der Waals surface area contributed by atoms with Crippen molar-refractivity contribution in [2.75, 3.05) is 25.1 Å². The highest BCUT2D eigenvalue weighted by molar-refractivity contribution is 9.10. The number of nitrogens with zero attached hydrogens (tertiary/aromatic N) is 2. The molecule has 0 spiro atoms. The number of halogens is 1. The lowest BCUT2D eigenvalue weighted by molar-refractivity contribution is 0.124. The highest BCUT2D eigenvalue weighted by Gasteiger charge is 2.20. The third kappa shape index (κ3) is 5.87. The van der Waals surface area contributed by atoms with Gasteiger partial charge in [0.2, 0.25) is 0 Å². The number of nitrogens with one attached hydrogen (secondary N) is 1. The maximum Gasteiger partial charge on any atom is 0.132 e. The van der Waals surface area contributed by atoms with Gasteiger partial charge in [0.1, 0.15) is 16.2 Å². The third-order valence-corrected chi connectivity index (χ3v) is 3.44. The van der Waals surface area contributed by atoms with Crippen LogP contribution in [0.15, 0.2) is 10.7 Å². The number of rotatable bonds is 9.